The fourth-order valence-corrected chi connectivity index (χ4v) is 4.30. The van der Waals surface area contributed by atoms with E-state index in [2.05, 4.69) is 34.2 Å². The summed E-state index contributed by atoms with van der Waals surface area (Å²) in [6.07, 6.45) is 2.82. The Balaban J connectivity index is 1.52. The molecule has 3 heterocycles. The Morgan fingerprint density at radius 1 is 1.26 bits per heavy atom. The van der Waals surface area contributed by atoms with Gasteiger partial charge in [0, 0.05) is 48.5 Å². The van der Waals surface area contributed by atoms with Gasteiger partial charge in [0.1, 0.15) is 0 Å². The molecule has 19 heavy (non-hydrogen) atoms. The first kappa shape index (κ1) is 13.6. The van der Waals surface area contributed by atoms with Crippen molar-refractivity contribution >= 4 is 11.3 Å². The molecular weight excluding hydrogens is 254 g/mol. The average molecular weight is 279 g/mol. The predicted molar refractivity (Wildman–Crippen MR) is 81.6 cm³/mol. The van der Waals surface area contributed by atoms with Crippen molar-refractivity contribution in [2.24, 2.45) is 0 Å². The van der Waals surface area contributed by atoms with Gasteiger partial charge in [-0.15, -0.1) is 11.3 Å². The van der Waals surface area contributed by atoms with Gasteiger partial charge in [-0.3, -0.25) is 9.80 Å². The van der Waals surface area contributed by atoms with Gasteiger partial charge in [-0.2, -0.15) is 0 Å². The van der Waals surface area contributed by atoms with E-state index in [1.54, 1.807) is 0 Å². The standard InChI is InChI=1S/C15H25N3S/c1-2-16-10-14-5-6-15(19-14)12-17-8-9-18-7-3-4-13(18)11-17/h5-6,13,16H,2-4,7-12H2,1H3. The molecule has 3 rings (SSSR count). The minimum absolute atomic E-state index is 0.843. The molecule has 1 aromatic heterocycles. The molecule has 3 nitrogen and oxygen atoms in total. The van der Waals surface area contributed by atoms with Crippen LogP contribution in [-0.2, 0) is 13.1 Å². The van der Waals surface area contributed by atoms with Gasteiger partial charge in [0.05, 0.1) is 0 Å². The fourth-order valence-electron chi connectivity index (χ4n) is 3.27. The lowest BCUT2D eigenvalue weighted by atomic mass is 10.1. The van der Waals surface area contributed by atoms with Crippen LogP contribution in [0.25, 0.3) is 0 Å². The highest BCUT2D eigenvalue weighted by Crippen LogP contribution is 2.24. The first-order chi connectivity index (χ1) is 9.35. The highest BCUT2D eigenvalue weighted by atomic mass is 32.1. The molecule has 1 N–H and O–H groups in total. The van der Waals surface area contributed by atoms with Crippen LogP contribution < -0.4 is 5.32 Å². The maximum absolute atomic E-state index is 3.40. The Hall–Kier alpha value is -0.420. The molecule has 4 heteroatoms. The van der Waals surface area contributed by atoms with Gasteiger partial charge >= 0.3 is 0 Å². The Labute approximate surface area is 120 Å². The maximum atomic E-state index is 3.40. The summed E-state index contributed by atoms with van der Waals surface area (Å²) < 4.78 is 0. The van der Waals surface area contributed by atoms with Gasteiger partial charge in [-0.05, 0) is 38.1 Å². The third-order valence-corrected chi connectivity index (χ3v) is 5.39. The van der Waals surface area contributed by atoms with Crippen molar-refractivity contribution in [2.45, 2.75) is 38.9 Å². The molecule has 2 aliphatic heterocycles. The van der Waals surface area contributed by atoms with Crippen molar-refractivity contribution in [3.05, 3.63) is 21.9 Å². The second-order valence-electron chi connectivity index (χ2n) is 5.72. The summed E-state index contributed by atoms with van der Waals surface area (Å²) >= 11 is 1.97. The smallest absolute Gasteiger partial charge is 0.0329 e. The van der Waals surface area contributed by atoms with Gasteiger partial charge < -0.3 is 5.32 Å². The molecule has 1 aromatic rings. The number of hydrogen-bond acceptors (Lipinski definition) is 4. The first-order valence-electron chi connectivity index (χ1n) is 7.60. The quantitative estimate of drug-likeness (QED) is 0.891. The normalized spacial score (nSPS) is 24.8. The van der Waals surface area contributed by atoms with E-state index in [4.69, 9.17) is 0 Å². The summed E-state index contributed by atoms with van der Waals surface area (Å²) in [5, 5.41) is 3.40. The monoisotopic (exact) mass is 279 g/mol. The number of nitrogens with one attached hydrogen (secondary N) is 1. The zero-order valence-electron chi connectivity index (χ0n) is 11.9. The molecule has 0 aliphatic carbocycles. The molecule has 1 atom stereocenters. The van der Waals surface area contributed by atoms with E-state index in [0.717, 1.165) is 25.7 Å². The summed E-state index contributed by atoms with van der Waals surface area (Å²) in [5.74, 6) is 0. The van der Waals surface area contributed by atoms with Crippen molar-refractivity contribution in [3.8, 4) is 0 Å². The van der Waals surface area contributed by atoms with E-state index >= 15 is 0 Å². The van der Waals surface area contributed by atoms with Crippen molar-refractivity contribution in [2.75, 3.05) is 32.7 Å². The molecule has 0 bridgehead atoms. The molecule has 2 aliphatic rings. The third kappa shape index (κ3) is 3.37. The van der Waals surface area contributed by atoms with E-state index in [1.807, 2.05) is 11.3 Å². The first-order valence-corrected chi connectivity index (χ1v) is 8.41. The van der Waals surface area contributed by atoms with Gasteiger partial charge in [0.2, 0.25) is 0 Å². The number of piperazine rings is 1. The van der Waals surface area contributed by atoms with Crippen LogP contribution in [0.2, 0.25) is 0 Å². The van der Waals surface area contributed by atoms with Gasteiger partial charge in [-0.25, -0.2) is 0 Å². The van der Waals surface area contributed by atoms with Crippen LogP contribution in [0.1, 0.15) is 29.5 Å². The highest BCUT2D eigenvalue weighted by molar-refractivity contribution is 7.11. The lowest BCUT2D eigenvalue weighted by molar-refractivity contribution is 0.100. The Bertz CT molecular complexity index is 404. The summed E-state index contributed by atoms with van der Waals surface area (Å²) in [6.45, 7) is 10.5. The van der Waals surface area contributed by atoms with Crippen LogP contribution in [0.5, 0.6) is 0 Å². The Kier molecular flexibility index (Phi) is 4.53. The second kappa shape index (κ2) is 6.35. The summed E-state index contributed by atoms with van der Waals surface area (Å²) in [4.78, 5) is 8.33. The number of thiophene rings is 1. The minimum atomic E-state index is 0.843. The number of fused-ring (bicyclic) bond motifs is 1. The van der Waals surface area contributed by atoms with E-state index < -0.39 is 0 Å². The molecule has 2 fully saturated rings. The number of nitrogens with zero attached hydrogens (tertiary/aromatic N) is 2. The van der Waals surface area contributed by atoms with Gasteiger partial charge in [-0.1, -0.05) is 6.92 Å². The minimum Gasteiger partial charge on any atom is -0.312 e. The largest absolute Gasteiger partial charge is 0.312 e. The molecule has 2 saturated heterocycles. The van der Waals surface area contributed by atoms with Crippen LogP contribution in [0, 0.1) is 0 Å². The van der Waals surface area contributed by atoms with Crippen molar-refractivity contribution in [3.63, 3.8) is 0 Å². The zero-order chi connectivity index (χ0) is 13.1. The van der Waals surface area contributed by atoms with Crippen molar-refractivity contribution < 1.29 is 0 Å². The molecular formula is C15H25N3S. The molecule has 0 amide bonds. The van der Waals surface area contributed by atoms with E-state index in [1.165, 1.54) is 48.8 Å². The second-order valence-corrected chi connectivity index (χ2v) is 6.97. The summed E-state index contributed by atoms with van der Waals surface area (Å²) in [7, 11) is 0. The third-order valence-electron chi connectivity index (χ3n) is 4.32. The van der Waals surface area contributed by atoms with Crippen LogP contribution >= 0.6 is 11.3 Å². The molecule has 0 radical (unpaired) electrons. The molecule has 1 unspecified atom stereocenters. The zero-order valence-corrected chi connectivity index (χ0v) is 12.7. The molecule has 0 saturated carbocycles. The van der Waals surface area contributed by atoms with Crippen LogP contribution in [-0.4, -0.2) is 48.6 Å². The SMILES string of the molecule is CCNCc1ccc(CN2CCN3CCCC3C2)s1. The number of rotatable bonds is 5. The lowest BCUT2D eigenvalue weighted by Gasteiger charge is -2.37. The fraction of sp³-hybridized carbons (Fsp3) is 0.733. The van der Waals surface area contributed by atoms with Crippen LogP contribution in [0.4, 0.5) is 0 Å². The average Bonchev–Trinajstić information content (AvgIpc) is 3.05. The molecule has 106 valence electrons. The Morgan fingerprint density at radius 3 is 3.05 bits per heavy atom. The predicted octanol–water partition coefficient (Wildman–Crippen LogP) is 2.14. The highest BCUT2D eigenvalue weighted by Gasteiger charge is 2.30. The van der Waals surface area contributed by atoms with E-state index in [0.29, 0.717) is 0 Å². The Morgan fingerprint density at radius 2 is 2.16 bits per heavy atom. The molecule has 0 aromatic carbocycles. The molecule has 0 spiro atoms. The summed E-state index contributed by atoms with van der Waals surface area (Å²) in [6, 6.07) is 5.45. The van der Waals surface area contributed by atoms with Crippen molar-refractivity contribution in [1.29, 1.82) is 0 Å². The number of hydrogen-bond donors (Lipinski definition) is 1. The van der Waals surface area contributed by atoms with Crippen molar-refractivity contribution in [1.82, 2.24) is 15.1 Å². The van der Waals surface area contributed by atoms with Crippen LogP contribution in [0.3, 0.4) is 0 Å². The topological polar surface area (TPSA) is 18.5 Å². The lowest BCUT2D eigenvalue weighted by Crippen LogP contribution is -2.49. The van der Waals surface area contributed by atoms with E-state index in [-0.39, 0.29) is 0 Å². The van der Waals surface area contributed by atoms with Gasteiger partial charge in [0.15, 0.2) is 0 Å². The maximum Gasteiger partial charge on any atom is 0.0329 e. The van der Waals surface area contributed by atoms with E-state index in [9.17, 15) is 0 Å². The van der Waals surface area contributed by atoms with Crippen LogP contribution in [0.15, 0.2) is 12.1 Å². The summed E-state index contributed by atoms with van der Waals surface area (Å²) in [5.41, 5.74) is 0. The van der Waals surface area contributed by atoms with Gasteiger partial charge in [0.25, 0.3) is 0 Å².